The van der Waals surface area contributed by atoms with E-state index in [0.29, 0.717) is 49.3 Å². The maximum absolute atomic E-state index is 12.5. The fraction of sp³-hybridized carbons (Fsp3) is 0.389. The average molecular weight is 427 g/mol. The molecule has 1 fully saturated rings. The zero-order chi connectivity index (χ0) is 20.0. The monoisotopic (exact) mass is 426 g/mol. The molecule has 1 aromatic heterocycles. The predicted molar refractivity (Wildman–Crippen MR) is 106 cm³/mol. The summed E-state index contributed by atoms with van der Waals surface area (Å²) in [5, 5.41) is 2.68. The van der Waals surface area contributed by atoms with Crippen molar-refractivity contribution >= 4 is 33.4 Å². The van der Waals surface area contributed by atoms with Gasteiger partial charge in [-0.1, -0.05) is 0 Å². The van der Waals surface area contributed by atoms with Gasteiger partial charge in [-0.15, -0.1) is 0 Å². The summed E-state index contributed by atoms with van der Waals surface area (Å²) >= 11 is 1.45. The molecule has 0 aliphatic carbocycles. The largest absolute Gasteiger partial charge is 0.486 e. The molecule has 1 aliphatic rings. The van der Waals surface area contributed by atoms with Gasteiger partial charge in [-0.25, -0.2) is 8.42 Å². The number of amides is 1. The molecule has 1 aromatic carbocycles. The molecule has 0 spiro atoms. The molecule has 152 valence electrons. The van der Waals surface area contributed by atoms with Gasteiger partial charge in [0.1, 0.15) is 18.1 Å². The van der Waals surface area contributed by atoms with Crippen LogP contribution in [0, 0.1) is 0 Å². The highest BCUT2D eigenvalue weighted by Crippen LogP contribution is 2.22. The Labute approximate surface area is 168 Å². The molecule has 0 unspecified atom stereocenters. The highest BCUT2D eigenvalue weighted by Gasteiger charge is 2.29. The zero-order valence-corrected chi connectivity index (χ0v) is 17.1. The number of nitrogens with zero attached hydrogens (tertiary/aromatic N) is 1. The Balaban J connectivity index is 1.56. The van der Waals surface area contributed by atoms with Gasteiger partial charge in [-0.2, -0.15) is 16.1 Å². The number of benzene rings is 1. The number of nitrogens with one attached hydrogen (secondary N) is 1. The number of sulfonamides is 1. The minimum absolute atomic E-state index is 0.0641. The van der Waals surface area contributed by atoms with Crippen LogP contribution in [-0.2, 0) is 26.2 Å². The summed E-state index contributed by atoms with van der Waals surface area (Å²) < 4.78 is 42.7. The number of carbonyl (C=O) groups excluding carboxylic acids is 1. The minimum Gasteiger partial charge on any atom is -0.486 e. The Hall–Kier alpha value is -2.01. The summed E-state index contributed by atoms with van der Waals surface area (Å²) in [7, 11) is -3.66. The molecule has 10 heteroatoms. The van der Waals surface area contributed by atoms with Gasteiger partial charge in [0, 0.05) is 18.8 Å². The fourth-order valence-corrected chi connectivity index (χ4v) is 4.28. The Morgan fingerprint density at radius 2 is 1.89 bits per heavy atom. The van der Waals surface area contributed by atoms with Gasteiger partial charge >= 0.3 is 0 Å². The van der Waals surface area contributed by atoms with E-state index in [4.69, 9.17) is 13.9 Å². The fourth-order valence-electron chi connectivity index (χ4n) is 2.61. The molecule has 1 amide bonds. The third-order valence-corrected chi connectivity index (χ3v) is 6.32. The quantitative estimate of drug-likeness (QED) is 0.691. The van der Waals surface area contributed by atoms with Gasteiger partial charge in [0.15, 0.2) is 0 Å². The maximum atomic E-state index is 12.5. The van der Waals surface area contributed by atoms with Crippen LogP contribution in [-0.4, -0.2) is 56.9 Å². The topological polar surface area (TPSA) is 98.1 Å². The van der Waals surface area contributed by atoms with Gasteiger partial charge in [0.25, 0.3) is 10.0 Å². The van der Waals surface area contributed by atoms with E-state index in [2.05, 4.69) is 5.32 Å². The molecule has 0 saturated carbocycles. The van der Waals surface area contributed by atoms with E-state index < -0.39 is 10.0 Å². The number of anilines is 1. The van der Waals surface area contributed by atoms with Crippen molar-refractivity contribution < 1.29 is 27.1 Å². The number of hydrogen-bond donors (Lipinski definition) is 1. The number of furan rings is 1. The summed E-state index contributed by atoms with van der Waals surface area (Å²) in [5.74, 6) is 1.32. The summed E-state index contributed by atoms with van der Waals surface area (Å²) in [6.45, 7) is 1.48. The standard InChI is InChI=1S/C18H22N2O6S2/c1-27-13-17(21)19-14-2-4-15(5-3-14)25-12-16-6-7-18(26-16)28(22,23)20-8-10-24-11-9-20/h2-7H,8-13H2,1H3,(H,19,21). The first-order valence-electron chi connectivity index (χ1n) is 8.67. The third kappa shape index (κ3) is 5.28. The number of carbonyl (C=O) groups is 1. The van der Waals surface area contributed by atoms with E-state index >= 15 is 0 Å². The molecule has 1 aliphatic heterocycles. The molecule has 3 rings (SSSR count). The smallest absolute Gasteiger partial charge is 0.276 e. The van der Waals surface area contributed by atoms with Crippen LogP contribution >= 0.6 is 11.8 Å². The summed E-state index contributed by atoms with van der Waals surface area (Å²) in [6, 6.07) is 9.96. The van der Waals surface area contributed by atoms with E-state index in [-0.39, 0.29) is 17.6 Å². The van der Waals surface area contributed by atoms with Crippen molar-refractivity contribution in [3.63, 3.8) is 0 Å². The van der Waals surface area contributed by atoms with Crippen molar-refractivity contribution in [2.45, 2.75) is 11.7 Å². The van der Waals surface area contributed by atoms with Crippen molar-refractivity contribution in [1.82, 2.24) is 4.31 Å². The van der Waals surface area contributed by atoms with E-state index in [0.717, 1.165) is 0 Å². The molecule has 0 atom stereocenters. The number of rotatable bonds is 8. The lowest BCUT2D eigenvalue weighted by Crippen LogP contribution is -2.40. The SMILES string of the molecule is CSCC(=O)Nc1ccc(OCc2ccc(S(=O)(=O)N3CCOCC3)o2)cc1. The first-order chi connectivity index (χ1) is 13.5. The summed E-state index contributed by atoms with van der Waals surface area (Å²) in [4.78, 5) is 11.6. The average Bonchev–Trinajstić information content (AvgIpc) is 3.18. The molecule has 2 aromatic rings. The maximum Gasteiger partial charge on any atom is 0.276 e. The molecule has 8 nitrogen and oxygen atoms in total. The first-order valence-corrected chi connectivity index (χ1v) is 11.5. The van der Waals surface area contributed by atoms with Gasteiger partial charge in [0.2, 0.25) is 11.0 Å². The van der Waals surface area contributed by atoms with Gasteiger partial charge < -0.3 is 19.2 Å². The van der Waals surface area contributed by atoms with Gasteiger partial charge in [-0.05, 0) is 42.7 Å². The molecule has 2 heterocycles. The van der Waals surface area contributed by atoms with Crippen molar-refractivity contribution in [2.24, 2.45) is 0 Å². The Morgan fingerprint density at radius 3 is 2.57 bits per heavy atom. The van der Waals surface area contributed by atoms with Crippen LogP contribution in [0.5, 0.6) is 5.75 Å². The van der Waals surface area contributed by atoms with Crippen LogP contribution in [0.15, 0.2) is 45.9 Å². The second-order valence-corrected chi connectivity index (χ2v) is 8.77. The van der Waals surface area contributed by atoms with Crippen molar-refractivity contribution in [2.75, 3.05) is 43.6 Å². The van der Waals surface area contributed by atoms with E-state index in [1.807, 2.05) is 6.26 Å². The number of thioether (sulfide) groups is 1. The minimum atomic E-state index is -3.66. The van der Waals surface area contributed by atoms with Crippen LogP contribution in [0.3, 0.4) is 0 Å². The molecular formula is C18H22N2O6S2. The summed E-state index contributed by atoms with van der Waals surface area (Å²) in [5.41, 5.74) is 0.684. The number of hydrogen-bond acceptors (Lipinski definition) is 7. The lowest BCUT2D eigenvalue weighted by Gasteiger charge is -2.24. The molecular weight excluding hydrogens is 404 g/mol. The Kier molecular flexibility index (Phi) is 7.00. The van der Waals surface area contributed by atoms with Crippen LogP contribution in [0.2, 0.25) is 0 Å². The number of ether oxygens (including phenoxy) is 2. The summed E-state index contributed by atoms with van der Waals surface area (Å²) in [6.07, 6.45) is 1.86. The second kappa shape index (κ2) is 9.46. The first kappa shape index (κ1) is 20.7. The highest BCUT2D eigenvalue weighted by atomic mass is 32.2. The van der Waals surface area contributed by atoms with E-state index in [1.54, 1.807) is 30.3 Å². The normalized spacial score (nSPS) is 15.3. The van der Waals surface area contributed by atoms with Crippen molar-refractivity contribution in [3.05, 3.63) is 42.2 Å². The Morgan fingerprint density at radius 1 is 1.18 bits per heavy atom. The van der Waals surface area contributed by atoms with Crippen molar-refractivity contribution in [3.8, 4) is 5.75 Å². The lowest BCUT2D eigenvalue weighted by atomic mass is 10.3. The second-order valence-electron chi connectivity index (χ2n) is 6.03. The van der Waals surface area contributed by atoms with Crippen LogP contribution in [0.25, 0.3) is 0 Å². The van der Waals surface area contributed by atoms with E-state index in [9.17, 15) is 13.2 Å². The van der Waals surface area contributed by atoms with Crippen LogP contribution < -0.4 is 10.1 Å². The molecule has 0 radical (unpaired) electrons. The highest BCUT2D eigenvalue weighted by molar-refractivity contribution is 7.99. The molecule has 1 saturated heterocycles. The zero-order valence-electron chi connectivity index (χ0n) is 15.4. The van der Waals surface area contributed by atoms with Gasteiger partial charge in [0.05, 0.1) is 19.0 Å². The lowest BCUT2D eigenvalue weighted by molar-refractivity contribution is -0.113. The van der Waals surface area contributed by atoms with Crippen LogP contribution in [0.1, 0.15) is 5.76 Å². The predicted octanol–water partition coefficient (Wildman–Crippen LogP) is 2.18. The third-order valence-electron chi connectivity index (χ3n) is 4.00. The molecule has 0 bridgehead atoms. The van der Waals surface area contributed by atoms with Gasteiger partial charge in [-0.3, -0.25) is 4.79 Å². The molecule has 1 N–H and O–H groups in total. The molecule has 28 heavy (non-hydrogen) atoms. The number of morpholine rings is 1. The van der Waals surface area contributed by atoms with E-state index in [1.165, 1.54) is 22.1 Å². The van der Waals surface area contributed by atoms with Crippen LogP contribution in [0.4, 0.5) is 5.69 Å². The van der Waals surface area contributed by atoms with Crippen molar-refractivity contribution in [1.29, 1.82) is 0 Å². The Bertz CT molecular complexity index is 889.